The summed E-state index contributed by atoms with van der Waals surface area (Å²) in [6.07, 6.45) is 0. The van der Waals surface area contributed by atoms with E-state index in [2.05, 4.69) is 14.0 Å². The van der Waals surface area contributed by atoms with E-state index in [1.54, 1.807) is 6.92 Å². The maximum Gasteiger partial charge on any atom is 0.328 e. The first-order chi connectivity index (χ1) is 9.49. The van der Waals surface area contributed by atoms with Gasteiger partial charge in [-0.1, -0.05) is 30.1 Å². The minimum Gasteiger partial charge on any atom is -0.290 e. The molecule has 0 radical (unpaired) electrons. The van der Waals surface area contributed by atoms with E-state index in [0.717, 1.165) is 11.4 Å². The first-order valence-corrected chi connectivity index (χ1v) is 7.20. The molecule has 3 rings (SSSR count). The minimum absolute atomic E-state index is 0.235. The summed E-state index contributed by atoms with van der Waals surface area (Å²) < 4.78 is 8.24. The predicted molar refractivity (Wildman–Crippen MR) is 78.1 cm³/mol. The Morgan fingerprint density at radius 3 is 2.75 bits per heavy atom. The third-order valence-corrected chi connectivity index (χ3v) is 4.17. The van der Waals surface area contributed by atoms with Gasteiger partial charge in [-0.3, -0.25) is 15.0 Å². The molecule has 104 valence electrons. The Balaban J connectivity index is 2.12. The Bertz CT molecular complexity index is 715. The highest BCUT2D eigenvalue weighted by Gasteiger charge is 2.34. The molecule has 0 aliphatic carbocycles. The van der Waals surface area contributed by atoms with Crippen LogP contribution in [0.1, 0.15) is 6.92 Å². The normalized spacial score (nSPS) is 20.8. The number of amides is 3. The molecule has 6 nitrogen and oxygen atoms in total. The van der Waals surface area contributed by atoms with Crippen LogP contribution in [0, 0.1) is 5.92 Å². The predicted octanol–water partition coefficient (Wildman–Crippen LogP) is 3.41. The lowest BCUT2D eigenvalue weighted by Crippen LogP contribution is -2.54. The standard InChI is InChI=1S/C11H8Cl2N4O2S/c1-4-3-17(11(19)14-10(4)18)9-6(13)2-5(12)7-8(9)16-20-15-7/h2,4H,3H2,1H3,(H,14,18,19). The van der Waals surface area contributed by atoms with Crippen LogP contribution in [0.5, 0.6) is 0 Å². The van der Waals surface area contributed by atoms with Gasteiger partial charge in [-0.05, 0) is 6.07 Å². The summed E-state index contributed by atoms with van der Waals surface area (Å²) in [5.41, 5.74) is 1.38. The maximum absolute atomic E-state index is 12.0. The lowest BCUT2D eigenvalue weighted by Gasteiger charge is -2.31. The van der Waals surface area contributed by atoms with E-state index in [-0.39, 0.29) is 18.4 Å². The largest absolute Gasteiger partial charge is 0.328 e. The molecule has 0 aromatic heterocycles. The Morgan fingerprint density at radius 2 is 2.00 bits per heavy atom. The van der Waals surface area contributed by atoms with Gasteiger partial charge in [-0.25, -0.2) is 4.79 Å². The van der Waals surface area contributed by atoms with Crippen molar-refractivity contribution in [1.29, 1.82) is 0 Å². The summed E-state index contributed by atoms with van der Waals surface area (Å²) in [5.74, 6) is -0.634. The van der Waals surface area contributed by atoms with Crippen LogP contribution in [0.3, 0.4) is 0 Å². The maximum atomic E-state index is 12.0. The van der Waals surface area contributed by atoms with Crippen molar-refractivity contribution in [3.8, 4) is 0 Å². The van der Waals surface area contributed by atoms with Gasteiger partial charge in [-0.15, -0.1) is 0 Å². The van der Waals surface area contributed by atoms with E-state index >= 15 is 0 Å². The summed E-state index contributed by atoms with van der Waals surface area (Å²) in [5, 5.41) is 2.96. The molecule has 1 N–H and O–H groups in total. The van der Waals surface area contributed by atoms with Crippen molar-refractivity contribution in [3.63, 3.8) is 0 Å². The second kappa shape index (κ2) is 4.83. The highest BCUT2D eigenvalue weighted by Crippen LogP contribution is 2.49. The zero-order valence-electron chi connectivity index (χ0n) is 10.2. The molecular weight excluding hydrogens is 323 g/mol. The number of hydrogen-bond donors (Lipinski definition) is 1. The highest BCUT2D eigenvalue weighted by atomic mass is 35.5. The number of nitrogens with one attached hydrogen (secondary N) is 1. The smallest absolute Gasteiger partial charge is 0.290 e. The van der Waals surface area contributed by atoms with Crippen LogP contribution in [0.25, 0.3) is 0 Å². The zero-order chi connectivity index (χ0) is 14.4. The Labute approximate surface area is 127 Å². The zero-order valence-corrected chi connectivity index (χ0v) is 12.5. The van der Waals surface area contributed by atoms with Crippen molar-refractivity contribution < 1.29 is 9.59 Å². The van der Waals surface area contributed by atoms with Crippen molar-refractivity contribution in [1.82, 2.24) is 5.32 Å². The summed E-state index contributed by atoms with van der Waals surface area (Å²) in [6.45, 7) is 1.97. The molecule has 1 atom stereocenters. The van der Waals surface area contributed by atoms with Gasteiger partial charge in [0.2, 0.25) is 5.91 Å². The van der Waals surface area contributed by atoms with Gasteiger partial charge in [0.15, 0.2) is 0 Å². The molecule has 2 heterocycles. The van der Waals surface area contributed by atoms with E-state index < -0.39 is 6.03 Å². The summed E-state index contributed by atoms with van der Waals surface area (Å²) in [7, 11) is 0. The number of fused-ring (bicyclic) bond motifs is 1. The van der Waals surface area contributed by atoms with Crippen molar-refractivity contribution >= 4 is 63.6 Å². The van der Waals surface area contributed by atoms with Gasteiger partial charge in [0.25, 0.3) is 0 Å². The monoisotopic (exact) mass is 330 g/mol. The van der Waals surface area contributed by atoms with Crippen molar-refractivity contribution in [2.24, 2.45) is 14.6 Å². The van der Waals surface area contributed by atoms with E-state index in [0.29, 0.717) is 27.1 Å². The molecule has 0 saturated carbocycles. The number of imide groups is 1. The molecule has 2 aliphatic heterocycles. The molecular formula is C11H8Cl2N4O2S. The number of rotatable bonds is 1. The summed E-state index contributed by atoms with van der Waals surface area (Å²) in [4.78, 5) is 24.9. The molecule has 9 heteroatoms. The molecule has 1 saturated heterocycles. The molecule has 1 aromatic rings. The average Bonchev–Trinajstić information content (AvgIpc) is 2.84. The third-order valence-electron chi connectivity index (χ3n) is 3.07. The second-order valence-corrected chi connectivity index (χ2v) is 5.80. The summed E-state index contributed by atoms with van der Waals surface area (Å²) >= 11 is 13.2. The SMILES string of the molecule is CC1CN(c2c(Cl)cc(Cl)c3c2N=S=N3)C(=O)NC1=O. The van der Waals surface area contributed by atoms with E-state index in [1.165, 1.54) is 11.0 Å². The Morgan fingerprint density at radius 1 is 1.30 bits per heavy atom. The molecule has 1 fully saturated rings. The van der Waals surface area contributed by atoms with E-state index in [9.17, 15) is 9.59 Å². The second-order valence-electron chi connectivity index (χ2n) is 4.46. The fraction of sp³-hybridized carbons (Fsp3) is 0.273. The quantitative estimate of drug-likeness (QED) is 0.869. The van der Waals surface area contributed by atoms with E-state index in [1.807, 2.05) is 0 Å². The topological polar surface area (TPSA) is 74.1 Å². The van der Waals surface area contributed by atoms with Gasteiger partial charge < -0.3 is 0 Å². The molecule has 0 bridgehead atoms. The van der Waals surface area contributed by atoms with Crippen LogP contribution in [-0.4, -0.2) is 18.5 Å². The third kappa shape index (κ3) is 2.02. The minimum atomic E-state index is -0.522. The van der Waals surface area contributed by atoms with Crippen LogP contribution < -0.4 is 10.2 Å². The molecule has 1 unspecified atom stereocenters. The van der Waals surface area contributed by atoms with Gasteiger partial charge in [0, 0.05) is 6.54 Å². The first kappa shape index (κ1) is 13.5. The van der Waals surface area contributed by atoms with Crippen LogP contribution in [0.15, 0.2) is 14.8 Å². The fourth-order valence-electron chi connectivity index (χ4n) is 2.05. The first-order valence-electron chi connectivity index (χ1n) is 5.71. The molecule has 0 spiro atoms. The number of benzene rings is 1. The number of urea groups is 1. The van der Waals surface area contributed by atoms with Crippen LogP contribution >= 0.6 is 23.2 Å². The van der Waals surface area contributed by atoms with E-state index in [4.69, 9.17) is 23.2 Å². The molecule has 2 aliphatic rings. The number of anilines is 1. The van der Waals surface area contributed by atoms with Gasteiger partial charge in [-0.2, -0.15) is 8.73 Å². The van der Waals surface area contributed by atoms with Gasteiger partial charge in [0.1, 0.15) is 11.4 Å². The molecule has 20 heavy (non-hydrogen) atoms. The molecule has 1 aromatic carbocycles. The Hall–Kier alpha value is -1.44. The fourth-order valence-corrected chi connectivity index (χ4v) is 3.26. The van der Waals surface area contributed by atoms with Crippen LogP contribution in [0.4, 0.5) is 21.9 Å². The lowest BCUT2D eigenvalue weighted by atomic mass is 10.1. The van der Waals surface area contributed by atoms with Crippen molar-refractivity contribution in [2.75, 3.05) is 11.4 Å². The van der Waals surface area contributed by atoms with Crippen molar-refractivity contribution in [3.05, 3.63) is 16.1 Å². The number of carbonyl (C=O) groups excluding carboxylic acids is 2. The van der Waals surface area contributed by atoms with Crippen molar-refractivity contribution in [2.45, 2.75) is 6.92 Å². The molecule has 3 amide bonds. The number of halogens is 2. The lowest BCUT2D eigenvalue weighted by molar-refractivity contribution is -0.123. The van der Waals surface area contributed by atoms with Crippen LogP contribution in [-0.2, 0) is 16.1 Å². The average molecular weight is 331 g/mol. The number of hydrogen-bond acceptors (Lipinski definition) is 4. The number of nitrogens with zero attached hydrogens (tertiary/aromatic N) is 3. The van der Waals surface area contributed by atoms with Crippen LogP contribution in [0.2, 0.25) is 10.0 Å². The summed E-state index contributed by atoms with van der Waals surface area (Å²) in [6, 6.07) is 1.00. The Kier molecular flexibility index (Phi) is 3.27. The number of carbonyl (C=O) groups is 2. The highest BCUT2D eigenvalue weighted by molar-refractivity contribution is 7.58. The van der Waals surface area contributed by atoms with Gasteiger partial charge in [0.05, 0.1) is 33.0 Å². The van der Waals surface area contributed by atoms with Gasteiger partial charge >= 0.3 is 6.03 Å².